The summed E-state index contributed by atoms with van der Waals surface area (Å²) in [5, 5.41) is 7.73. The second-order valence-electron chi connectivity index (χ2n) is 7.52. The Kier molecular flexibility index (Phi) is 5.73. The number of ketones is 1. The second kappa shape index (κ2) is 9.30. The molecule has 0 unspecified atom stereocenters. The molecule has 0 fully saturated rings. The van der Waals surface area contributed by atoms with Crippen LogP contribution in [0.5, 0.6) is 0 Å². The zero-order valence-corrected chi connectivity index (χ0v) is 18.0. The highest BCUT2D eigenvalue weighted by Crippen LogP contribution is 2.23. The van der Waals surface area contributed by atoms with Crippen molar-refractivity contribution in [1.29, 1.82) is 0 Å². The Labute approximate surface area is 195 Å². The van der Waals surface area contributed by atoms with Gasteiger partial charge in [0, 0.05) is 41.1 Å². The SMILES string of the molecule is O=C(Nc1cccc(C(=O)c2cccc3ccccc23)c1)c1ccnc(Nc2ccncc2)n1. The lowest BCUT2D eigenvalue weighted by atomic mass is 9.97. The maximum absolute atomic E-state index is 13.2. The summed E-state index contributed by atoms with van der Waals surface area (Å²) in [5.41, 5.74) is 2.55. The fourth-order valence-corrected chi connectivity index (χ4v) is 3.62. The lowest BCUT2D eigenvalue weighted by Gasteiger charge is -2.09. The summed E-state index contributed by atoms with van der Waals surface area (Å²) >= 11 is 0. The Bertz CT molecular complexity index is 1500. The first-order chi connectivity index (χ1) is 16.7. The van der Waals surface area contributed by atoms with E-state index in [1.165, 1.54) is 12.3 Å². The predicted molar refractivity (Wildman–Crippen MR) is 131 cm³/mol. The molecule has 3 aromatic carbocycles. The standard InChI is InChI=1S/C27H19N5O2/c33-25(23-10-4-6-18-5-1-2-9-22(18)23)19-7-3-8-21(17-19)30-26(34)24-13-16-29-27(32-24)31-20-11-14-28-15-12-20/h1-17H,(H,30,34)(H,28,29,31,32). The van der Waals surface area contributed by atoms with Crippen molar-refractivity contribution in [1.82, 2.24) is 15.0 Å². The number of amides is 1. The van der Waals surface area contributed by atoms with Gasteiger partial charge in [-0.3, -0.25) is 14.6 Å². The highest BCUT2D eigenvalue weighted by molar-refractivity contribution is 6.17. The van der Waals surface area contributed by atoms with E-state index < -0.39 is 5.91 Å². The number of carbonyl (C=O) groups is 2. The monoisotopic (exact) mass is 445 g/mol. The first kappa shape index (κ1) is 21.0. The summed E-state index contributed by atoms with van der Waals surface area (Å²) < 4.78 is 0. The third kappa shape index (κ3) is 4.49. The minimum atomic E-state index is -0.407. The van der Waals surface area contributed by atoms with Gasteiger partial charge in [-0.15, -0.1) is 0 Å². The van der Waals surface area contributed by atoms with Crippen LogP contribution in [0.15, 0.2) is 104 Å². The van der Waals surface area contributed by atoms with Crippen LogP contribution in [0.25, 0.3) is 10.8 Å². The first-order valence-electron chi connectivity index (χ1n) is 10.6. The number of aromatic nitrogens is 3. The van der Waals surface area contributed by atoms with Crippen molar-refractivity contribution in [3.05, 3.63) is 120 Å². The second-order valence-corrected chi connectivity index (χ2v) is 7.52. The fourth-order valence-electron chi connectivity index (χ4n) is 3.62. The molecule has 164 valence electrons. The van der Waals surface area contributed by atoms with Gasteiger partial charge in [0.15, 0.2) is 5.78 Å². The number of hydrogen-bond donors (Lipinski definition) is 2. The zero-order valence-electron chi connectivity index (χ0n) is 18.0. The van der Waals surface area contributed by atoms with E-state index in [1.54, 1.807) is 48.8 Å². The maximum atomic E-state index is 13.2. The fraction of sp³-hybridized carbons (Fsp3) is 0. The smallest absolute Gasteiger partial charge is 0.274 e. The molecule has 34 heavy (non-hydrogen) atoms. The highest BCUT2D eigenvalue weighted by Gasteiger charge is 2.14. The summed E-state index contributed by atoms with van der Waals surface area (Å²) in [6.45, 7) is 0. The molecule has 0 radical (unpaired) electrons. The van der Waals surface area contributed by atoms with Gasteiger partial charge in [0.05, 0.1) is 0 Å². The summed E-state index contributed by atoms with van der Waals surface area (Å²) in [7, 11) is 0. The van der Waals surface area contributed by atoms with Crippen LogP contribution in [-0.4, -0.2) is 26.6 Å². The van der Waals surface area contributed by atoms with E-state index in [-0.39, 0.29) is 11.5 Å². The summed E-state index contributed by atoms with van der Waals surface area (Å²) in [5.74, 6) is -0.229. The van der Waals surface area contributed by atoms with Crippen molar-refractivity contribution in [2.75, 3.05) is 10.6 Å². The topological polar surface area (TPSA) is 96.9 Å². The number of pyridine rings is 1. The lowest BCUT2D eigenvalue weighted by molar-refractivity contribution is 0.101. The number of fused-ring (bicyclic) bond motifs is 1. The van der Waals surface area contributed by atoms with Gasteiger partial charge in [-0.1, -0.05) is 54.6 Å². The predicted octanol–water partition coefficient (Wildman–Crippen LogP) is 5.25. The van der Waals surface area contributed by atoms with Crippen molar-refractivity contribution in [3.63, 3.8) is 0 Å². The molecule has 0 aliphatic heterocycles. The highest BCUT2D eigenvalue weighted by atomic mass is 16.2. The molecular weight excluding hydrogens is 426 g/mol. The van der Waals surface area contributed by atoms with Gasteiger partial charge in [-0.05, 0) is 41.1 Å². The van der Waals surface area contributed by atoms with Crippen molar-refractivity contribution in [2.45, 2.75) is 0 Å². The summed E-state index contributed by atoms with van der Waals surface area (Å²) in [6, 6.07) is 25.4. The molecule has 0 saturated heterocycles. The Morgan fingerprint density at radius 1 is 0.735 bits per heavy atom. The van der Waals surface area contributed by atoms with Crippen molar-refractivity contribution >= 4 is 39.8 Å². The van der Waals surface area contributed by atoms with E-state index in [0.717, 1.165) is 16.5 Å². The average Bonchev–Trinajstić information content (AvgIpc) is 2.89. The molecule has 7 heteroatoms. The average molecular weight is 445 g/mol. The molecule has 0 aliphatic rings. The van der Waals surface area contributed by atoms with Gasteiger partial charge in [0.2, 0.25) is 5.95 Å². The van der Waals surface area contributed by atoms with E-state index in [2.05, 4.69) is 25.6 Å². The van der Waals surface area contributed by atoms with E-state index >= 15 is 0 Å². The molecule has 0 saturated carbocycles. The number of anilines is 3. The molecule has 5 aromatic rings. The number of rotatable bonds is 6. The van der Waals surface area contributed by atoms with E-state index in [4.69, 9.17) is 0 Å². The largest absolute Gasteiger partial charge is 0.324 e. The molecule has 2 N–H and O–H groups in total. The molecular formula is C27H19N5O2. The van der Waals surface area contributed by atoms with Gasteiger partial charge in [-0.25, -0.2) is 9.97 Å². The number of hydrogen-bond acceptors (Lipinski definition) is 6. The van der Waals surface area contributed by atoms with Crippen molar-refractivity contribution < 1.29 is 9.59 Å². The van der Waals surface area contributed by atoms with Gasteiger partial charge < -0.3 is 10.6 Å². The number of benzene rings is 3. The Hall–Kier alpha value is -4.91. The first-order valence-corrected chi connectivity index (χ1v) is 10.6. The van der Waals surface area contributed by atoms with Crippen LogP contribution in [-0.2, 0) is 0 Å². The quantitative estimate of drug-likeness (QED) is 0.347. The summed E-state index contributed by atoms with van der Waals surface area (Å²) in [6.07, 6.45) is 4.79. The van der Waals surface area contributed by atoms with Crippen LogP contribution in [0, 0.1) is 0 Å². The normalized spacial score (nSPS) is 10.6. The Morgan fingerprint density at radius 2 is 1.53 bits per heavy atom. The maximum Gasteiger partial charge on any atom is 0.274 e. The Balaban J connectivity index is 1.36. The molecule has 0 spiro atoms. The lowest BCUT2D eigenvalue weighted by Crippen LogP contribution is -2.15. The molecule has 0 aliphatic carbocycles. The molecule has 5 rings (SSSR count). The van der Waals surface area contributed by atoms with Crippen LogP contribution >= 0.6 is 0 Å². The molecule has 2 heterocycles. The van der Waals surface area contributed by atoms with Crippen LogP contribution in [0.2, 0.25) is 0 Å². The van der Waals surface area contributed by atoms with E-state index in [0.29, 0.717) is 22.8 Å². The summed E-state index contributed by atoms with van der Waals surface area (Å²) in [4.78, 5) is 38.5. The van der Waals surface area contributed by atoms with Gasteiger partial charge in [-0.2, -0.15) is 0 Å². The van der Waals surface area contributed by atoms with Crippen LogP contribution in [0.1, 0.15) is 26.4 Å². The number of carbonyl (C=O) groups excluding carboxylic acids is 2. The van der Waals surface area contributed by atoms with Gasteiger partial charge in [0.1, 0.15) is 5.69 Å². The third-order valence-corrected chi connectivity index (χ3v) is 5.24. The van der Waals surface area contributed by atoms with Gasteiger partial charge >= 0.3 is 0 Å². The van der Waals surface area contributed by atoms with Gasteiger partial charge in [0.25, 0.3) is 5.91 Å². The zero-order chi connectivity index (χ0) is 23.3. The number of nitrogens with zero attached hydrogens (tertiary/aromatic N) is 3. The van der Waals surface area contributed by atoms with Crippen LogP contribution in [0.3, 0.4) is 0 Å². The Morgan fingerprint density at radius 3 is 2.41 bits per heavy atom. The van der Waals surface area contributed by atoms with Crippen LogP contribution < -0.4 is 10.6 Å². The minimum absolute atomic E-state index is 0.112. The molecule has 0 atom stereocenters. The number of nitrogens with one attached hydrogen (secondary N) is 2. The third-order valence-electron chi connectivity index (χ3n) is 5.24. The molecule has 1 amide bonds. The van der Waals surface area contributed by atoms with E-state index in [9.17, 15) is 9.59 Å². The minimum Gasteiger partial charge on any atom is -0.324 e. The van der Waals surface area contributed by atoms with Crippen molar-refractivity contribution in [3.8, 4) is 0 Å². The molecule has 7 nitrogen and oxygen atoms in total. The molecule has 2 aromatic heterocycles. The molecule has 0 bridgehead atoms. The van der Waals surface area contributed by atoms with Crippen LogP contribution in [0.4, 0.5) is 17.3 Å². The van der Waals surface area contributed by atoms with Crippen molar-refractivity contribution in [2.24, 2.45) is 0 Å². The van der Waals surface area contributed by atoms with E-state index in [1.807, 2.05) is 42.5 Å².